The number of aryl methyl sites for hydroxylation is 1. The number of rotatable bonds is 3. The van der Waals surface area contributed by atoms with Gasteiger partial charge in [-0.1, -0.05) is 0 Å². The van der Waals surface area contributed by atoms with Gasteiger partial charge in [-0.15, -0.1) is 0 Å². The van der Waals surface area contributed by atoms with E-state index in [1.807, 2.05) is 4.90 Å². The average Bonchev–Trinajstić information content (AvgIpc) is 3.44. The third-order valence-corrected chi connectivity index (χ3v) is 5.24. The lowest BCUT2D eigenvalue weighted by atomic mass is 9.97. The van der Waals surface area contributed by atoms with Crippen LogP contribution in [0.5, 0.6) is 0 Å². The van der Waals surface area contributed by atoms with Crippen molar-refractivity contribution in [2.75, 3.05) is 25.0 Å². The van der Waals surface area contributed by atoms with Crippen molar-refractivity contribution in [2.24, 2.45) is 0 Å². The van der Waals surface area contributed by atoms with E-state index in [1.54, 1.807) is 25.3 Å². The van der Waals surface area contributed by atoms with E-state index in [1.165, 1.54) is 12.3 Å². The maximum absolute atomic E-state index is 13.7. The third kappa shape index (κ3) is 5.36. The summed E-state index contributed by atoms with van der Waals surface area (Å²) in [4.78, 5) is 27.4. The molecule has 8 nitrogen and oxygen atoms in total. The number of likely N-dealkylation sites (tertiary alicyclic amines) is 1. The first-order chi connectivity index (χ1) is 15.0. The molecule has 0 radical (unpaired) electrons. The van der Waals surface area contributed by atoms with Crippen LogP contribution in [0.3, 0.4) is 0 Å². The molecule has 2 fully saturated rings. The van der Waals surface area contributed by atoms with Gasteiger partial charge in [-0.05, 0) is 31.5 Å². The summed E-state index contributed by atoms with van der Waals surface area (Å²) < 4.78 is 56.7. The Balaban J connectivity index is 0.000000360. The number of pyridine rings is 1. The molecule has 2 aliphatic heterocycles. The molecule has 2 aromatic heterocycles. The van der Waals surface area contributed by atoms with E-state index in [-0.39, 0.29) is 29.2 Å². The van der Waals surface area contributed by atoms with Gasteiger partial charge in [0.2, 0.25) is 0 Å². The number of carbonyl (C=O) groups excluding carboxylic acids is 1. The molecule has 4 heterocycles. The van der Waals surface area contributed by atoms with E-state index in [4.69, 9.17) is 19.1 Å². The molecule has 0 saturated carbocycles. The van der Waals surface area contributed by atoms with Gasteiger partial charge in [-0.25, -0.2) is 14.2 Å². The third-order valence-electron chi connectivity index (χ3n) is 5.24. The molecule has 2 aromatic rings. The van der Waals surface area contributed by atoms with Crippen molar-refractivity contribution in [3.8, 4) is 0 Å². The summed E-state index contributed by atoms with van der Waals surface area (Å²) in [6.45, 7) is 3.45. The molecule has 32 heavy (non-hydrogen) atoms. The zero-order valence-corrected chi connectivity index (χ0v) is 17.0. The molecule has 1 amide bonds. The fourth-order valence-corrected chi connectivity index (χ4v) is 3.70. The van der Waals surface area contributed by atoms with Gasteiger partial charge in [0.1, 0.15) is 5.76 Å². The topological polar surface area (TPSA) is 105 Å². The van der Waals surface area contributed by atoms with Crippen molar-refractivity contribution < 1.29 is 41.4 Å². The zero-order chi connectivity index (χ0) is 23.5. The summed E-state index contributed by atoms with van der Waals surface area (Å²) in [6.07, 6.45) is -0.502. The summed E-state index contributed by atoms with van der Waals surface area (Å²) in [7, 11) is 0. The van der Waals surface area contributed by atoms with Crippen LogP contribution in [-0.2, 0) is 9.53 Å². The SMILES string of the molecule is Cc1occc1C(=O)N1CCC2(CC(Nc3ncccc3F)CO2)C1.O=C(O)C(F)(F)F. The molecule has 2 N–H and O–H groups in total. The average molecular weight is 459 g/mol. The highest BCUT2D eigenvalue weighted by atomic mass is 19.4. The number of carbonyl (C=O) groups is 2. The van der Waals surface area contributed by atoms with Crippen LogP contribution in [0.1, 0.15) is 29.0 Å². The van der Waals surface area contributed by atoms with Crippen LogP contribution in [-0.4, -0.2) is 64.4 Å². The van der Waals surface area contributed by atoms with E-state index >= 15 is 0 Å². The number of halogens is 4. The first-order valence-corrected chi connectivity index (χ1v) is 9.65. The molecule has 0 aliphatic carbocycles. The standard InChI is InChI=1S/C18H20FN3O3.C2HF3O2/c1-12-14(4-8-24-12)17(23)22-7-5-18(11-22)9-13(10-25-18)21-16-15(19)3-2-6-20-16;3-2(4,5)1(6)7/h2-4,6,8,13H,5,7,9-11H2,1H3,(H,20,21);(H,6,7). The quantitative estimate of drug-likeness (QED) is 0.679. The Labute approximate surface area is 180 Å². The number of nitrogens with zero attached hydrogens (tertiary/aromatic N) is 2. The van der Waals surface area contributed by atoms with Gasteiger partial charge in [-0.2, -0.15) is 13.2 Å². The molecule has 2 saturated heterocycles. The molecule has 2 atom stereocenters. The van der Waals surface area contributed by atoms with Gasteiger partial charge in [-0.3, -0.25) is 4.79 Å². The van der Waals surface area contributed by atoms with Gasteiger partial charge >= 0.3 is 12.1 Å². The summed E-state index contributed by atoms with van der Waals surface area (Å²) in [5.74, 6) is -2.29. The highest BCUT2D eigenvalue weighted by Crippen LogP contribution is 2.37. The molecular weight excluding hydrogens is 438 g/mol. The first-order valence-electron chi connectivity index (χ1n) is 9.65. The van der Waals surface area contributed by atoms with Crippen LogP contribution >= 0.6 is 0 Å². The number of anilines is 1. The second-order valence-electron chi connectivity index (χ2n) is 7.54. The minimum absolute atomic E-state index is 0.0184. The number of aromatic nitrogens is 1. The van der Waals surface area contributed by atoms with Crippen molar-refractivity contribution in [3.05, 3.63) is 47.8 Å². The number of hydrogen-bond donors (Lipinski definition) is 2. The van der Waals surface area contributed by atoms with Crippen molar-refractivity contribution in [2.45, 2.75) is 37.6 Å². The van der Waals surface area contributed by atoms with Gasteiger partial charge in [0.15, 0.2) is 11.6 Å². The number of aliphatic carboxylic acids is 1. The predicted molar refractivity (Wildman–Crippen MR) is 103 cm³/mol. The summed E-state index contributed by atoms with van der Waals surface area (Å²) >= 11 is 0. The molecule has 0 aromatic carbocycles. The van der Waals surface area contributed by atoms with Crippen molar-refractivity contribution in [3.63, 3.8) is 0 Å². The maximum atomic E-state index is 13.7. The molecule has 2 aliphatic rings. The van der Waals surface area contributed by atoms with Crippen molar-refractivity contribution in [1.29, 1.82) is 0 Å². The lowest BCUT2D eigenvalue weighted by Crippen LogP contribution is -2.36. The monoisotopic (exact) mass is 459 g/mol. The van der Waals surface area contributed by atoms with Crippen LogP contribution in [0.4, 0.5) is 23.4 Å². The number of carboxylic acid groups (broad SMARTS) is 1. The lowest BCUT2D eigenvalue weighted by molar-refractivity contribution is -0.192. The Morgan fingerprint density at radius 3 is 2.66 bits per heavy atom. The number of ether oxygens (including phenoxy) is 1. The molecule has 4 rings (SSSR count). The van der Waals surface area contributed by atoms with Crippen LogP contribution in [0.2, 0.25) is 0 Å². The Hall–Kier alpha value is -3.15. The van der Waals surface area contributed by atoms with E-state index in [0.29, 0.717) is 31.0 Å². The van der Waals surface area contributed by atoms with Gasteiger partial charge in [0.05, 0.1) is 36.6 Å². The second kappa shape index (κ2) is 9.15. The summed E-state index contributed by atoms with van der Waals surface area (Å²) in [6, 6.07) is 4.62. The molecule has 12 heteroatoms. The largest absolute Gasteiger partial charge is 0.490 e. The Morgan fingerprint density at radius 1 is 1.34 bits per heavy atom. The predicted octanol–water partition coefficient (Wildman–Crippen LogP) is 3.24. The van der Waals surface area contributed by atoms with Gasteiger partial charge in [0.25, 0.3) is 5.91 Å². The summed E-state index contributed by atoms with van der Waals surface area (Å²) in [5, 5.41) is 10.2. The fraction of sp³-hybridized carbons (Fsp3) is 0.450. The van der Waals surface area contributed by atoms with Gasteiger partial charge in [0, 0.05) is 19.2 Å². The molecule has 1 spiro atoms. The number of amides is 1. The van der Waals surface area contributed by atoms with Crippen LogP contribution < -0.4 is 5.32 Å². The number of hydrogen-bond acceptors (Lipinski definition) is 6. The number of alkyl halides is 3. The number of carboxylic acids is 1. The number of nitrogens with one attached hydrogen (secondary N) is 1. The Kier molecular flexibility index (Phi) is 6.72. The van der Waals surface area contributed by atoms with E-state index < -0.39 is 12.1 Å². The summed E-state index contributed by atoms with van der Waals surface area (Å²) in [5.41, 5.74) is 0.233. The van der Waals surface area contributed by atoms with Crippen molar-refractivity contribution >= 4 is 17.7 Å². The maximum Gasteiger partial charge on any atom is 0.490 e. The normalized spacial score (nSPS) is 22.5. The van der Waals surface area contributed by atoms with Crippen LogP contribution in [0, 0.1) is 12.7 Å². The Bertz CT molecular complexity index is 980. The molecule has 2 unspecified atom stereocenters. The molecule has 0 bridgehead atoms. The second-order valence-corrected chi connectivity index (χ2v) is 7.54. The number of furan rings is 1. The minimum Gasteiger partial charge on any atom is -0.475 e. The molecular formula is C20H21F4N3O5. The van der Waals surface area contributed by atoms with Crippen LogP contribution in [0.25, 0.3) is 0 Å². The van der Waals surface area contributed by atoms with E-state index in [2.05, 4.69) is 10.3 Å². The van der Waals surface area contributed by atoms with Crippen LogP contribution in [0.15, 0.2) is 35.1 Å². The highest BCUT2D eigenvalue weighted by molar-refractivity contribution is 5.95. The molecule has 174 valence electrons. The minimum atomic E-state index is -5.08. The van der Waals surface area contributed by atoms with Crippen molar-refractivity contribution in [1.82, 2.24) is 9.88 Å². The first kappa shape index (κ1) is 23.5. The highest BCUT2D eigenvalue weighted by Gasteiger charge is 2.47. The smallest absolute Gasteiger partial charge is 0.475 e. The fourth-order valence-electron chi connectivity index (χ4n) is 3.70. The lowest BCUT2D eigenvalue weighted by Gasteiger charge is -2.23. The van der Waals surface area contributed by atoms with E-state index in [9.17, 15) is 22.4 Å². The zero-order valence-electron chi connectivity index (χ0n) is 17.0. The Morgan fingerprint density at radius 2 is 2.06 bits per heavy atom. The van der Waals surface area contributed by atoms with Gasteiger partial charge < -0.3 is 24.5 Å². The van der Waals surface area contributed by atoms with E-state index in [0.717, 1.165) is 12.8 Å².